The number of hydrogen-bond donors (Lipinski definition) is 0. The largest absolute Gasteiger partial charge is 0.497 e. The first kappa shape index (κ1) is 23.4. The van der Waals surface area contributed by atoms with Crippen LogP contribution in [0.1, 0.15) is 31.4 Å². The van der Waals surface area contributed by atoms with Gasteiger partial charge in [-0.1, -0.05) is 54.1 Å². The topological polar surface area (TPSA) is 38.8 Å². The number of carbonyl (C=O) groups excluding carboxylic acids is 1. The van der Waals surface area contributed by atoms with Crippen LogP contribution in [0.5, 0.6) is 5.75 Å². The Morgan fingerprint density at radius 3 is 2.42 bits per heavy atom. The molecule has 2 aromatic rings. The molecule has 0 amide bonds. The average molecular weight is 442 g/mol. The monoisotopic (exact) mass is 441 g/mol. The van der Waals surface area contributed by atoms with E-state index in [2.05, 4.69) is 54.3 Å². The van der Waals surface area contributed by atoms with Crippen molar-refractivity contribution in [3.8, 4) is 5.75 Å². The number of nitrogens with zero attached hydrogens (tertiary/aromatic N) is 1. The number of carbonyl (C=O) groups is 1. The summed E-state index contributed by atoms with van der Waals surface area (Å²) in [5.74, 6) is 1.09. The lowest BCUT2D eigenvalue weighted by Gasteiger charge is -2.53. The van der Waals surface area contributed by atoms with E-state index in [1.165, 1.54) is 16.7 Å². The van der Waals surface area contributed by atoms with Gasteiger partial charge in [0.2, 0.25) is 0 Å². The van der Waals surface area contributed by atoms with Crippen LogP contribution in [0.3, 0.4) is 0 Å². The van der Waals surface area contributed by atoms with Crippen LogP contribution in [0.4, 0.5) is 0 Å². The molecular weight excluding hydrogens is 410 g/mol. The Bertz CT molecular complexity index is 897. The van der Waals surface area contributed by atoms with Crippen molar-refractivity contribution in [2.24, 2.45) is 11.8 Å². The van der Waals surface area contributed by atoms with Gasteiger partial charge in [0.1, 0.15) is 5.75 Å². The highest BCUT2D eigenvalue weighted by Gasteiger charge is 2.49. The molecule has 5 rings (SSSR count). The van der Waals surface area contributed by atoms with Crippen LogP contribution in [0.25, 0.3) is 0 Å². The van der Waals surface area contributed by atoms with E-state index in [9.17, 15) is 4.79 Å². The summed E-state index contributed by atoms with van der Waals surface area (Å²) in [5, 5.41) is 0. The van der Waals surface area contributed by atoms with Crippen molar-refractivity contribution < 1.29 is 14.3 Å². The van der Waals surface area contributed by atoms with E-state index in [0.29, 0.717) is 18.6 Å². The van der Waals surface area contributed by atoms with E-state index < -0.39 is 0 Å². The van der Waals surface area contributed by atoms with Gasteiger partial charge >= 0.3 is 5.97 Å². The molecule has 0 saturated carbocycles. The minimum atomic E-state index is -0.0884. The van der Waals surface area contributed by atoms with Crippen molar-refractivity contribution in [3.05, 3.63) is 77.4 Å². The summed E-state index contributed by atoms with van der Waals surface area (Å²) in [4.78, 5) is 15.3. The number of ether oxygens (including phenoxy) is 2. The number of hydrogen-bond acceptors (Lipinski definition) is 4. The summed E-state index contributed by atoms with van der Waals surface area (Å²) in [6.07, 6.45) is 4.14. The summed E-state index contributed by atoms with van der Waals surface area (Å²) in [6.45, 7) is 5.38. The number of halogens is 1. The smallest absolute Gasteiger partial charge is 0.310 e. The van der Waals surface area contributed by atoms with Crippen LogP contribution < -0.4 is 4.74 Å². The summed E-state index contributed by atoms with van der Waals surface area (Å²) < 4.78 is 10.8. The molecule has 166 valence electrons. The predicted octanol–water partition coefficient (Wildman–Crippen LogP) is 5.06. The fraction of sp³-hybridized carbons (Fsp3) is 0.423. The molecule has 3 aliphatic rings. The summed E-state index contributed by atoms with van der Waals surface area (Å²) in [7, 11) is 1.69. The minimum absolute atomic E-state index is 0. The molecular formula is C26H32ClNO3. The first-order valence-corrected chi connectivity index (χ1v) is 10.9. The predicted molar refractivity (Wildman–Crippen MR) is 125 cm³/mol. The highest BCUT2D eigenvalue weighted by molar-refractivity contribution is 5.85. The average Bonchev–Trinajstić information content (AvgIpc) is 2.77. The lowest BCUT2D eigenvalue weighted by atomic mass is 9.68. The molecule has 0 aromatic heterocycles. The van der Waals surface area contributed by atoms with Gasteiger partial charge < -0.3 is 9.47 Å². The van der Waals surface area contributed by atoms with Gasteiger partial charge in [-0.25, -0.2) is 0 Å². The second-order valence-electron chi connectivity index (χ2n) is 8.38. The van der Waals surface area contributed by atoms with Gasteiger partial charge in [-0.05, 0) is 55.9 Å². The van der Waals surface area contributed by atoms with Gasteiger partial charge in [0.25, 0.3) is 0 Å². The zero-order valence-electron chi connectivity index (χ0n) is 18.5. The van der Waals surface area contributed by atoms with E-state index in [-0.39, 0.29) is 30.3 Å². The van der Waals surface area contributed by atoms with Crippen LogP contribution in [-0.4, -0.2) is 36.7 Å². The first-order chi connectivity index (χ1) is 14.6. The highest BCUT2D eigenvalue weighted by atomic mass is 35.5. The molecule has 2 heterocycles. The Balaban J connectivity index is 0.00000272. The minimum Gasteiger partial charge on any atom is -0.497 e. The quantitative estimate of drug-likeness (QED) is 0.444. The molecule has 2 bridgehead atoms. The van der Waals surface area contributed by atoms with Gasteiger partial charge in [-0.15, -0.1) is 12.4 Å². The zero-order valence-corrected chi connectivity index (χ0v) is 19.3. The Labute approximate surface area is 191 Å². The lowest BCUT2D eigenvalue weighted by molar-refractivity contribution is -0.154. The van der Waals surface area contributed by atoms with Crippen molar-refractivity contribution >= 4 is 18.4 Å². The van der Waals surface area contributed by atoms with E-state index >= 15 is 0 Å². The van der Waals surface area contributed by atoms with Crippen molar-refractivity contribution in [3.63, 3.8) is 0 Å². The molecule has 2 aromatic carbocycles. The third-order valence-corrected chi connectivity index (χ3v) is 6.61. The Hall–Kier alpha value is -2.30. The van der Waals surface area contributed by atoms with Crippen LogP contribution in [0, 0.1) is 11.8 Å². The SMILES string of the molecule is CCOC(=O)C1CC2C(C)=CC1N(Cc1ccccc1)C2Cc1ccc(OC)cc1.Cl. The maximum absolute atomic E-state index is 12.7. The Kier molecular flexibility index (Phi) is 7.79. The number of fused-ring (bicyclic) bond motifs is 2. The first-order valence-electron chi connectivity index (χ1n) is 10.9. The number of benzene rings is 2. The summed E-state index contributed by atoms with van der Waals surface area (Å²) in [5.41, 5.74) is 3.98. The molecule has 1 aliphatic carbocycles. The summed E-state index contributed by atoms with van der Waals surface area (Å²) >= 11 is 0. The van der Waals surface area contributed by atoms with Crippen LogP contribution in [0.2, 0.25) is 0 Å². The van der Waals surface area contributed by atoms with Gasteiger partial charge in [0.05, 0.1) is 19.6 Å². The molecule has 0 spiro atoms. The van der Waals surface area contributed by atoms with E-state index in [4.69, 9.17) is 9.47 Å². The molecule has 4 nitrogen and oxygen atoms in total. The second kappa shape index (κ2) is 10.3. The lowest BCUT2D eigenvalue weighted by Crippen LogP contribution is -2.59. The molecule has 2 aliphatic heterocycles. The maximum Gasteiger partial charge on any atom is 0.310 e. The molecule has 0 radical (unpaired) electrons. The zero-order chi connectivity index (χ0) is 21.1. The van der Waals surface area contributed by atoms with Crippen molar-refractivity contribution in [1.29, 1.82) is 0 Å². The third kappa shape index (κ3) is 4.97. The Morgan fingerprint density at radius 1 is 1.06 bits per heavy atom. The molecule has 5 heteroatoms. The number of piperidine rings is 1. The normalized spacial score (nSPS) is 24.8. The van der Waals surface area contributed by atoms with Gasteiger partial charge in [0.15, 0.2) is 0 Å². The molecule has 4 unspecified atom stereocenters. The van der Waals surface area contributed by atoms with Crippen LogP contribution in [0.15, 0.2) is 66.2 Å². The number of esters is 1. The maximum atomic E-state index is 12.7. The van der Waals surface area contributed by atoms with Crippen LogP contribution in [-0.2, 0) is 22.5 Å². The van der Waals surface area contributed by atoms with E-state index in [1.54, 1.807) is 7.11 Å². The third-order valence-electron chi connectivity index (χ3n) is 6.61. The van der Waals surface area contributed by atoms with Crippen molar-refractivity contribution in [1.82, 2.24) is 4.90 Å². The van der Waals surface area contributed by atoms with Crippen LogP contribution >= 0.6 is 12.4 Å². The van der Waals surface area contributed by atoms with Crippen molar-refractivity contribution in [2.45, 2.75) is 45.3 Å². The van der Waals surface area contributed by atoms with Gasteiger partial charge in [-0.2, -0.15) is 0 Å². The molecule has 4 atom stereocenters. The number of rotatable bonds is 7. The summed E-state index contributed by atoms with van der Waals surface area (Å²) in [6, 6.07) is 19.4. The highest BCUT2D eigenvalue weighted by Crippen LogP contribution is 2.45. The molecule has 31 heavy (non-hydrogen) atoms. The van der Waals surface area contributed by atoms with Gasteiger partial charge in [0, 0.05) is 18.6 Å². The van der Waals surface area contributed by atoms with Crippen molar-refractivity contribution in [2.75, 3.05) is 13.7 Å². The standard InChI is InChI=1S/C26H31NO3.ClH/c1-4-30-26(28)23-16-22-18(2)14-24(23)27(17-20-8-6-5-7-9-20)25(22)15-19-10-12-21(29-3)13-11-19;/h5-14,22-25H,4,15-17H2,1-3H3;1H. The second-order valence-corrected chi connectivity index (χ2v) is 8.38. The molecule has 1 saturated heterocycles. The molecule has 1 fully saturated rings. The Morgan fingerprint density at radius 2 is 1.77 bits per heavy atom. The fourth-order valence-electron chi connectivity index (χ4n) is 5.11. The van der Waals surface area contributed by atoms with Gasteiger partial charge in [-0.3, -0.25) is 9.69 Å². The number of methoxy groups -OCH3 is 1. The fourth-order valence-corrected chi connectivity index (χ4v) is 5.11. The van der Waals surface area contributed by atoms with E-state index in [0.717, 1.165) is 25.1 Å². The van der Waals surface area contributed by atoms with E-state index in [1.807, 2.05) is 25.1 Å². The molecule has 0 N–H and O–H groups in total.